The highest BCUT2D eigenvalue weighted by Crippen LogP contribution is 2.26. The Morgan fingerprint density at radius 3 is 2.65 bits per heavy atom. The topological polar surface area (TPSA) is 137 Å². The van der Waals surface area contributed by atoms with E-state index in [0.29, 0.717) is 11.3 Å². The number of benzene rings is 1. The Morgan fingerprint density at radius 2 is 2.00 bits per heavy atom. The molecule has 0 saturated carbocycles. The first-order valence-corrected chi connectivity index (χ1v) is 10.9. The molecule has 31 heavy (non-hydrogen) atoms. The van der Waals surface area contributed by atoms with Crippen LogP contribution in [0.4, 0.5) is 0 Å². The molecule has 0 saturated heterocycles. The van der Waals surface area contributed by atoms with Gasteiger partial charge in [0.05, 0.1) is 42.9 Å². The summed E-state index contributed by atoms with van der Waals surface area (Å²) in [5, 5.41) is 8.98. The quantitative estimate of drug-likeness (QED) is 0.505. The number of halogens is 1. The average molecular weight is 462 g/mol. The molecule has 3 rings (SSSR count). The summed E-state index contributed by atoms with van der Waals surface area (Å²) < 4.78 is 35.4. The highest BCUT2D eigenvalue weighted by Gasteiger charge is 2.18. The van der Waals surface area contributed by atoms with E-state index >= 15 is 0 Å². The number of nitrogens with zero attached hydrogens (tertiary/aromatic N) is 5. The molecule has 0 aliphatic rings. The number of hydrogen-bond acceptors (Lipinski definition) is 9. The predicted octanol–water partition coefficient (Wildman–Crippen LogP) is 2.12. The first-order valence-electron chi connectivity index (χ1n) is 8.67. The summed E-state index contributed by atoms with van der Waals surface area (Å²) >= 11 is 5.99. The van der Waals surface area contributed by atoms with Crippen LogP contribution >= 0.6 is 11.6 Å². The van der Waals surface area contributed by atoms with Gasteiger partial charge in [-0.25, -0.2) is 18.4 Å². The van der Waals surface area contributed by atoms with Crippen LogP contribution in [-0.4, -0.2) is 41.3 Å². The highest BCUT2D eigenvalue weighted by molar-refractivity contribution is 7.90. The van der Waals surface area contributed by atoms with E-state index in [1.807, 2.05) is 6.07 Å². The largest absolute Gasteiger partial charge is 0.481 e. The Labute approximate surface area is 182 Å². The third-order valence-corrected chi connectivity index (χ3v) is 5.14. The van der Waals surface area contributed by atoms with Gasteiger partial charge in [-0.2, -0.15) is 10.2 Å². The second-order valence-corrected chi connectivity index (χ2v) is 8.79. The monoisotopic (exact) mass is 461 g/mol. The van der Waals surface area contributed by atoms with Crippen molar-refractivity contribution < 1.29 is 17.9 Å². The maximum atomic E-state index is 13.0. The van der Waals surface area contributed by atoms with E-state index in [9.17, 15) is 13.2 Å². The minimum atomic E-state index is -3.63. The first kappa shape index (κ1) is 22.2. The lowest BCUT2D eigenvalue weighted by Crippen LogP contribution is -2.24. The van der Waals surface area contributed by atoms with Crippen LogP contribution in [0, 0.1) is 18.3 Å². The molecule has 0 bridgehead atoms. The lowest BCUT2D eigenvalue weighted by molar-refractivity contribution is 0.383. The molecule has 12 heteroatoms. The van der Waals surface area contributed by atoms with Gasteiger partial charge in [0.25, 0.3) is 5.56 Å². The zero-order chi connectivity index (χ0) is 22.8. The minimum absolute atomic E-state index is 0.0128. The van der Waals surface area contributed by atoms with Crippen LogP contribution in [0.25, 0.3) is 0 Å². The Balaban J connectivity index is 1.99. The van der Waals surface area contributed by atoms with Crippen LogP contribution in [0.3, 0.4) is 0 Å². The van der Waals surface area contributed by atoms with Crippen molar-refractivity contribution >= 4 is 21.4 Å². The molecular weight excluding hydrogens is 446 g/mol. The molecule has 10 nitrogen and oxygen atoms in total. The smallest absolute Gasteiger partial charge is 0.296 e. The Kier molecular flexibility index (Phi) is 6.24. The second kappa shape index (κ2) is 8.71. The normalized spacial score (nSPS) is 11.1. The second-order valence-electron chi connectivity index (χ2n) is 6.44. The van der Waals surface area contributed by atoms with E-state index < -0.39 is 15.4 Å². The van der Waals surface area contributed by atoms with E-state index in [1.54, 1.807) is 6.92 Å². The van der Waals surface area contributed by atoms with Crippen molar-refractivity contribution in [2.24, 2.45) is 0 Å². The Morgan fingerprint density at radius 1 is 1.26 bits per heavy atom. The Hall–Kier alpha value is -3.49. The molecule has 0 unspecified atom stereocenters. The van der Waals surface area contributed by atoms with Crippen LogP contribution in [0.5, 0.6) is 17.4 Å². The lowest BCUT2D eigenvalue weighted by Gasteiger charge is -2.13. The van der Waals surface area contributed by atoms with Gasteiger partial charge in [0.15, 0.2) is 0 Å². The molecule has 3 aromatic rings. The molecule has 2 heterocycles. The van der Waals surface area contributed by atoms with Gasteiger partial charge in [-0.3, -0.25) is 9.36 Å². The highest BCUT2D eigenvalue weighted by atomic mass is 35.5. The van der Waals surface area contributed by atoms with Gasteiger partial charge in [-0.05, 0) is 25.1 Å². The molecule has 0 fully saturated rings. The summed E-state index contributed by atoms with van der Waals surface area (Å²) in [6.07, 6.45) is 3.56. The fourth-order valence-corrected chi connectivity index (χ4v) is 3.33. The summed E-state index contributed by atoms with van der Waals surface area (Å²) in [6.45, 7) is 1.55. The van der Waals surface area contributed by atoms with Gasteiger partial charge in [-0.1, -0.05) is 11.6 Å². The van der Waals surface area contributed by atoms with Crippen molar-refractivity contribution in [2.75, 3.05) is 13.4 Å². The third-order valence-electron chi connectivity index (χ3n) is 4.06. The minimum Gasteiger partial charge on any atom is -0.481 e. The predicted molar refractivity (Wildman–Crippen MR) is 110 cm³/mol. The average Bonchev–Trinajstić information content (AvgIpc) is 2.72. The lowest BCUT2D eigenvalue weighted by atomic mass is 10.2. The Bertz CT molecular complexity index is 1370. The van der Waals surface area contributed by atoms with Crippen molar-refractivity contribution in [2.45, 2.75) is 18.6 Å². The van der Waals surface area contributed by atoms with E-state index in [-0.39, 0.29) is 39.7 Å². The van der Waals surface area contributed by atoms with Crippen LogP contribution in [0.1, 0.15) is 16.8 Å². The summed E-state index contributed by atoms with van der Waals surface area (Å²) in [7, 11) is -2.30. The SMILES string of the molecule is COc1nc(S(C)(=O)=O)ncc1Cn1cnc(C)c(Oc2cc(Cl)cc(C#N)c2)c1=O. The van der Waals surface area contributed by atoms with Gasteiger partial charge in [0.2, 0.25) is 26.6 Å². The standard InChI is InChI=1S/C19H16ClN5O5S/c1-11-16(30-15-5-12(7-21)4-14(20)6-15)18(26)25(10-23-11)9-13-8-22-19(31(3,27)28)24-17(13)29-2/h4-6,8,10H,9H2,1-3H3. The first-order chi connectivity index (χ1) is 14.6. The number of methoxy groups -OCH3 is 1. The molecule has 0 N–H and O–H groups in total. The number of rotatable bonds is 6. The number of hydrogen-bond donors (Lipinski definition) is 0. The van der Waals surface area contributed by atoms with Crippen molar-refractivity contribution in [3.63, 3.8) is 0 Å². The maximum absolute atomic E-state index is 13.0. The van der Waals surface area contributed by atoms with Crippen molar-refractivity contribution in [1.29, 1.82) is 5.26 Å². The summed E-state index contributed by atoms with van der Waals surface area (Å²) in [5.74, 6) is 0.169. The molecule has 1 aromatic carbocycles. The molecule has 0 radical (unpaired) electrons. The fraction of sp³-hybridized carbons (Fsp3) is 0.211. The maximum Gasteiger partial charge on any atom is 0.296 e. The number of nitriles is 1. The van der Waals surface area contributed by atoms with Crippen LogP contribution in [0.15, 0.2) is 40.7 Å². The number of ether oxygens (including phenoxy) is 2. The number of aromatic nitrogens is 4. The molecule has 2 aromatic heterocycles. The molecule has 0 aliphatic carbocycles. The fourth-order valence-electron chi connectivity index (χ4n) is 2.61. The van der Waals surface area contributed by atoms with Crippen LogP contribution in [-0.2, 0) is 16.4 Å². The third kappa shape index (κ3) is 4.99. The van der Waals surface area contributed by atoms with Gasteiger partial charge in [-0.15, -0.1) is 0 Å². The number of aryl methyl sites for hydroxylation is 1. The van der Waals surface area contributed by atoms with Crippen molar-refractivity contribution in [1.82, 2.24) is 19.5 Å². The molecule has 0 spiro atoms. The molecular formula is C19H16ClN5O5S. The van der Waals surface area contributed by atoms with E-state index in [1.165, 1.54) is 42.4 Å². The molecule has 0 atom stereocenters. The molecule has 0 aliphatic heterocycles. The zero-order valence-corrected chi connectivity index (χ0v) is 18.2. The van der Waals surface area contributed by atoms with Crippen LogP contribution in [0.2, 0.25) is 5.02 Å². The van der Waals surface area contributed by atoms with Gasteiger partial charge in [0.1, 0.15) is 5.75 Å². The zero-order valence-electron chi connectivity index (χ0n) is 16.7. The van der Waals surface area contributed by atoms with Gasteiger partial charge in [0, 0.05) is 17.5 Å². The van der Waals surface area contributed by atoms with Crippen LogP contribution < -0.4 is 15.0 Å². The van der Waals surface area contributed by atoms with Crippen molar-refractivity contribution in [3.05, 3.63) is 62.9 Å². The summed E-state index contributed by atoms with van der Waals surface area (Å²) in [4.78, 5) is 24.9. The van der Waals surface area contributed by atoms with Gasteiger partial charge >= 0.3 is 0 Å². The van der Waals surface area contributed by atoms with E-state index in [4.69, 9.17) is 26.3 Å². The summed E-state index contributed by atoms with van der Waals surface area (Å²) in [6, 6.07) is 6.35. The van der Waals surface area contributed by atoms with E-state index in [0.717, 1.165) is 6.26 Å². The van der Waals surface area contributed by atoms with Gasteiger partial charge < -0.3 is 9.47 Å². The van der Waals surface area contributed by atoms with Crippen molar-refractivity contribution in [3.8, 4) is 23.4 Å². The number of sulfone groups is 1. The molecule has 160 valence electrons. The summed E-state index contributed by atoms with van der Waals surface area (Å²) in [5.41, 5.74) is 0.455. The van der Waals surface area contributed by atoms with E-state index in [2.05, 4.69) is 15.0 Å². The molecule has 0 amide bonds.